The normalized spacial score (nSPS) is 12.2. The summed E-state index contributed by atoms with van der Waals surface area (Å²) in [6.07, 6.45) is 0.547. The fourth-order valence-corrected chi connectivity index (χ4v) is 1.56. The van der Waals surface area contributed by atoms with Gasteiger partial charge in [0.2, 0.25) is 0 Å². The van der Waals surface area contributed by atoms with Gasteiger partial charge in [0.25, 0.3) is 0 Å². The van der Waals surface area contributed by atoms with E-state index < -0.39 is 6.29 Å². The lowest BCUT2D eigenvalue weighted by Crippen LogP contribution is -2.17. The van der Waals surface area contributed by atoms with Gasteiger partial charge in [-0.15, -0.1) is 0 Å². The number of aryl methyl sites for hydroxylation is 1. The zero-order valence-electron chi connectivity index (χ0n) is 10.5. The average Bonchev–Trinajstić information content (AvgIpc) is 2.37. The number of hydrogen-bond donors (Lipinski definition) is 3. The number of aliphatic hydroxyl groups is 3. The highest BCUT2D eigenvalue weighted by atomic mass is 16.6. The first kappa shape index (κ1) is 14.8. The summed E-state index contributed by atoms with van der Waals surface area (Å²) in [5.41, 5.74) is 1.03. The number of methoxy groups -OCH3 is 1. The first-order valence-electron chi connectivity index (χ1n) is 5.94. The van der Waals surface area contributed by atoms with Crippen LogP contribution in [0.2, 0.25) is 0 Å². The van der Waals surface area contributed by atoms with Crippen LogP contribution in [0.25, 0.3) is 0 Å². The quantitative estimate of drug-likeness (QED) is 0.597. The van der Waals surface area contributed by atoms with E-state index in [0.29, 0.717) is 17.9 Å². The van der Waals surface area contributed by atoms with Crippen LogP contribution in [0.1, 0.15) is 18.4 Å². The second kappa shape index (κ2) is 7.92. The van der Waals surface area contributed by atoms with Gasteiger partial charge in [-0.3, -0.25) is 0 Å². The molecule has 1 aromatic rings. The van der Waals surface area contributed by atoms with Crippen molar-refractivity contribution in [3.05, 3.63) is 23.8 Å². The topological polar surface area (TPSA) is 79.2 Å². The van der Waals surface area contributed by atoms with Crippen LogP contribution < -0.4 is 9.47 Å². The molecule has 0 heterocycles. The maximum absolute atomic E-state index is 9.46. The Morgan fingerprint density at radius 1 is 1.17 bits per heavy atom. The molecule has 0 aromatic heterocycles. The second-order valence-corrected chi connectivity index (χ2v) is 3.90. The summed E-state index contributed by atoms with van der Waals surface area (Å²) >= 11 is 0. The predicted octanol–water partition coefficient (Wildman–Crippen LogP) is 0.700. The third kappa shape index (κ3) is 4.52. The molecule has 0 saturated carbocycles. The monoisotopic (exact) mass is 256 g/mol. The summed E-state index contributed by atoms with van der Waals surface area (Å²) in [6, 6.07) is 5.39. The second-order valence-electron chi connectivity index (χ2n) is 3.90. The van der Waals surface area contributed by atoms with Crippen LogP contribution in [0.3, 0.4) is 0 Å². The average molecular weight is 256 g/mol. The fraction of sp³-hybridized carbons (Fsp3) is 0.538. The third-order valence-corrected chi connectivity index (χ3v) is 2.49. The van der Waals surface area contributed by atoms with Gasteiger partial charge in [0.15, 0.2) is 17.8 Å². The van der Waals surface area contributed by atoms with Crippen LogP contribution in [0.5, 0.6) is 11.5 Å². The molecule has 18 heavy (non-hydrogen) atoms. The Morgan fingerprint density at radius 2 is 1.94 bits per heavy atom. The molecule has 1 atom stereocenters. The van der Waals surface area contributed by atoms with Gasteiger partial charge in [-0.1, -0.05) is 6.07 Å². The van der Waals surface area contributed by atoms with Gasteiger partial charge in [-0.25, -0.2) is 0 Å². The van der Waals surface area contributed by atoms with Crippen molar-refractivity contribution in [1.29, 1.82) is 0 Å². The summed E-state index contributed by atoms with van der Waals surface area (Å²) in [6.45, 7) is 0.00778. The van der Waals surface area contributed by atoms with Gasteiger partial charge in [0.05, 0.1) is 7.11 Å². The molecule has 5 nitrogen and oxygen atoms in total. The minimum atomic E-state index is -1.05. The Bertz CT molecular complexity index is 353. The molecule has 1 unspecified atom stereocenters. The van der Waals surface area contributed by atoms with Crippen molar-refractivity contribution in [3.8, 4) is 11.5 Å². The summed E-state index contributed by atoms with van der Waals surface area (Å²) in [5, 5.41) is 26.9. The van der Waals surface area contributed by atoms with Gasteiger partial charge in [0.1, 0.15) is 0 Å². The SMILES string of the molecule is COc1cc(CCCO)ccc1OC(O)CCO. The van der Waals surface area contributed by atoms with Gasteiger partial charge in [0, 0.05) is 19.6 Å². The highest BCUT2D eigenvalue weighted by molar-refractivity contribution is 5.43. The number of ether oxygens (including phenoxy) is 2. The van der Waals surface area contributed by atoms with E-state index in [1.54, 1.807) is 6.07 Å². The highest BCUT2D eigenvalue weighted by Crippen LogP contribution is 2.29. The van der Waals surface area contributed by atoms with Crippen LogP contribution in [-0.2, 0) is 6.42 Å². The molecule has 0 aliphatic heterocycles. The van der Waals surface area contributed by atoms with E-state index in [1.165, 1.54) is 7.11 Å². The Morgan fingerprint density at radius 3 is 2.56 bits per heavy atom. The molecule has 1 aromatic carbocycles. The van der Waals surface area contributed by atoms with Crippen molar-refractivity contribution in [3.63, 3.8) is 0 Å². The fourth-order valence-electron chi connectivity index (χ4n) is 1.56. The van der Waals surface area contributed by atoms with Crippen molar-refractivity contribution < 1.29 is 24.8 Å². The summed E-state index contributed by atoms with van der Waals surface area (Å²) in [4.78, 5) is 0. The Hall–Kier alpha value is -1.30. The van der Waals surface area contributed by atoms with E-state index in [1.807, 2.05) is 12.1 Å². The molecule has 5 heteroatoms. The van der Waals surface area contributed by atoms with E-state index in [0.717, 1.165) is 12.0 Å². The lowest BCUT2D eigenvalue weighted by atomic mass is 10.1. The molecule has 0 amide bonds. The molecule has 0 bridgehead atoms. The van der Waals surface area contributed by atoms with E-state index in [2.05, 4.69) is 0 Å². The molecule has 0 aliphatic rings. The smallest absolute Gasteiger partial charge is 0.199 e. The van der Waals surface area contributed by atoms with Crippen molar-refractivity contribution in [2.24, 2.45) is 0 Å². The van der Waals surface area contributed by atoms with E-state index in [9.17, 15) is 5.11 Å². The maximum atomic E-state index is 9.46. The summed E-state index contributed by atoms with van der Waals surface area (Å²) in [7, 11) is 1.52. The van der Waals surface area contributed by atoms with Crippen LogP contribution in [0.4, 0.5) is 0 Å². The number of hydrogen-bond acceptors (Lipinski definition) is 5. The lowest BCUT2D eigenvalue weighted by molar-refractivity contribution is -0.0340. The van der Waals surface area contributed by atoms with E-state index >= 15 is 0 Å². The van der Waals surface area contributed by atoms with Crippen LogP contribution >= 0.6 is 0 Å². The first-order chi connectivity index (χ1) is 8.71. The van der Waals surface area contributed by atoms with Gasteiger partial charge in [-0.05, 0) is 30.5 Å². The molecular weight excluding hydrogens is 236 g/mol. The molecule has 1 rings (SSSR count). The summed E-state index contributed by atoms with van der Waals surface area (Å²) in [5.74, 6) is 0.966. The molecule has 0 aliphatic carbocycles. The van der Waals surface area contributed by atoms with Gasteiger partial charge >= 0.3 is 0 Å². The number of aliphatic hydroxyl groups excluding tert-OH is 3. The van der Waals surface area contributed by atoms with E-state index in [-0.39, 0.29) is 19.6 Å². The largest absolute Gasteiger partial charge is 0.493 e. The molecule has 0 saturated heterocycles. The van der Waals surface area contributed by atoms with Gasteiger partial charge in [-0.2, -0.15) is 0 Å². The number of benzene rings is 1. The molecule has 3 N–H and O–H groups in total. The lowest BCUT2D eigenvalue weighted by Gasteiger charge is -2.15. The third-order valence-electron chi connectivity index (χ3n) is 2.49. The number of rotatable bonds is 8. The van der Waals surface area contributed by atoms with E-state index in [4.69, 9.17) is 19.7 Å². The maximum Gasteiger partial charge on any atom is 0.199 e. The van der Waals surface area contributed by atoms with Crippen LogP contribution in [0.15, 0.2) is 18.2 Å². The Labute approximate surface area is 107 Å². The van der Waals surface area contributed by atoms with Crippen LogP contribution in [0, 0.1) is 0 Å². The zero-order chi connectivity index (χ0) is 13.4. The first-order valence-corrected chi connectivity index (χ1v) is 5.94. The van der Waals surface area contributed by atoms with Gasteiger partial charge < -0.3 is 24.8 Å². The molecule has 102 valence electrons. The predicted molar refractivity (Wildman–Crippen MR) is 66.7 cm³/mol. The van der Waals surface area contributed by atoms with Crippen molar-refractivity contribution >= 4 is 0 Å². The Balaban J connectivity index is 2.73. The van der Waals surface area contributed by atoms with Crippen molar-refractivity contribution in [1.82, 2.24) is 0 Å². The Kier molecular flexibility index (Phi) is 6.49. The molecule has 0 radical (unpaired) electrons. The standard InChI is InChI=1S/C13H20O5/c1-17-12-9-10(3-2-7-14)4-5-11(12)18-13(16)6-8-15/h4-5,9,13-16H,2-3,6-8H2,1H3. The van der Waals surface area contributed by atoms with Crippen molar-refractivity contribution in [2.45, 2.75) is 25.6 Å². The molecule has 0 spiro atoms. The minimum absolute atomic E-state index is 0.141. The van der Waals surface area contributed by atoms with Crippen LogP contribution in [-0.4, -0.2) is 41.9 Å². The molecule has 0 fully saturated rings. The van der Waals surface area contributed by atoms with Crippen molar-refractivity contribution in [2.75, 3.05) is 20.3 Å². The minimum Gasteiger partial charge on any atom is -0.493 e. The zero-order valence-corrected chi connectivity index (χ0v) is 10.5. The summed E-state index contributed by atoms with van der Waals surface area (Å²) < 4.78 is 10.4. The highest BCUT2D eigenvalue weighted by Gasteiger charge is 2.10. The molecular formula is C13H20O5.